The molecule has 2 rings (SSSR count). The number of hydrogen-bond acceptors (Lipinski definition) is 4. The Morgan fingerprint density at radius 2 is 1.93 bits per heavy atom. The molecule has 1 heterocycles. The molecule has 6 heteroatoms. The van der Waals surface area contributed by atoms with E-state index in [0.29, 0.717) is 36.3 Å². The molecule has 160 valence electrons. The van der Waals surface area contributed by atoms with Crippen LogP contribution in [0.3, 0.4) is 0 Å². The van der Waals surface area contributed by atoms with Crippen LogP contribution in [-0.4, -0.2) is 40.6 Å². The lowest BCUT2D eigenvalue weighted by Gasteiger charge is -2.34. The van der Waals surface area contributed by atoms with Gasteiger partial charge >= 0.3 is 0 Å². The van der Waals surface area contributed by atoms with Crippen LogP contribution >= 0.6 is 0 Å². The Morgan fingerprint density at radius 1 is 1.21 bits per heavy atom. The van der Waals surface area contributed by atoms with Crippen molar-refractivity contribution >= 4 is 16.8 Å². The highest BCUT2D eigenvalue weighted by Gasteiger charge is 2.31. The second-order valence-electron chi connectivity index (χ2n) is 7.55. The topological polar surface area (TPSA) is 64.4 Å². The van der Waals surface area contributed by atoms with E-state index in [2.05, 4.69) is 13.8 Å². The second-order valence-corrected chi connectivity index (χ2v) is 7.55. The SMILES string of the molecule is CCCCC(CC)C(=O)N(CCOC)C(CC)c1nc2ccccc2c(=O)n1C. The highest BCUT2D eigenvalue weighted by atomic mass is 16.5. The number of amides is 1. The van der Waals surface area contributed by atoms with Crippen LogP contribution in [0.2, 0.25) is 0 Å². The van der Waals surface area contributed by atoms with Crippen molar-refractivity contribution in [2.24, 2.45) is 13.0 Å². The molecule has 0 aliphatic heterocycles. The summed E-state index contributed by atoms with van der Waals surface area (Å²) in [6, 6.07) is 7.10. The number of aromatic nitrogens is 2. The van der Waals surface area contributed by atoms with E-state index in [-0.39, 0.29) is 23.4 Å². The van der Waals surface area contributed by atoms with Crippen molar-refractivity contribution in [3.05, 3.63) is 40.4 Å². The monoisotopic (exact) mass is 401 g/mol. The van der Waals surface area contributed by atoms with E-state index >= 15 is 0 Å². The van der Waals surface area contributed by atoms with Crippen molar-refractivity contribution < 1.29 is 9.53 Å². The van der Waals surface area contributed by atoms with Gasteiger partial charge in [0.25, 0.3) is 5.56 Å². The maximum absolute atomic E-state index is 13.5. The van der Waals surface area contributed by atoms with Gasteiger partial charge in [0.2, 0.25) is 5.91 Å². The molecule has 0 N–H and O–H groups in total. The molecule has 0 spiro atoms. The van der Waals surface area contributed by atoms with E-state index in [1.165, 1.54) is 0 Å². The molecular formula is C23H35N3O3. The Kier molecular flexibility index (Phi) is 8.83. The number of fused-ring (bicyclic) bond motifs is 1. The second kappa shape index (κ2) is 11.1. The van der Waals surface area contributed by atoms with Crippen LogP contribution in [0.25, 0.3) is 10.9 Å². The first-order chi connectivity index (χ1) is 14.0. The van der Waals surface area contributed by atoms with Gasteiger partial charge in [0.15, 0.2) is 0 Å². The number of carbonyl (C=O) groups is 1. The van der Waals surface area contributed by atoms with Gasteiger partial charge in [-0.3, -0.25) is 14.2 Å². The molecule has 6 nitrogen and oxygen atoms in total. The number of nitrogens with zero attached hydrogens (tertiary/aromatic N) is 3. The van der Waals surface area contributed by atoms with Gasteiger partial charge in [0.05, 0.1) is 23.6 Å². The minimum Gasteiger partial charge on any atom is -0.383 e. The average Bonchev–Trinajstić information content (AvgIpc) is 2.74. The summed E-state index contributed by atoms with van der Waals surface area (Å²) in [4.78, 5) is 33.0. The van der Waals surface area contributed by atoms with Gasteiger partial charge in [-0.05, 0) is 31.4 Å². The zero-order chi connectivity index (χ0) is 21.4. The quantitative estimate of drug-likeness (QED) is 0.569. The Hall–Kier alpha value is -2.21. The summed E-state index contributed by atoms with van der Waals surface area (Å²) in [5.41, 5.74) is 0.586. The summed E-state index contributed by atoms with van der Waals surface area (Å²) in [6.07, 6.45) is 4.47. The summed E-state index contributed by atoms with van der Waals surface area (Å²) in [6.45, 7) is 7.18. The fourth-order valence-corrected chi connectivity index (χ4v) is 3.87. The van der Waals surface area contributed by atoms with Crippen molar-refractivity contribution in [1.29, 1.82) is 0 Å². The first kappa shape index (κ1) is 23.1. The van der Waals surface area contributed by atoms with Crippen LogP contribution in [-0.2, 0) is 16.6 Å². The molecule has 0 aliphatic rings. The van der Waals surface area contributed by atoms with Gasteiger partial charge in [-0.25, -0.2) is 4.98 Å². The van der Waals surface area contributed by atoms with Crippen LogP contribution in [0.4, 0.5) is 0 Å². The molecule has 0 saturated heterocycles. The number of carbonyl (C=O) groups excluding carboxylic acids is 1. The van der Waals surface area contributed by atoms with Gasteiger partial charge in [-0.2, -0.15) is 0 Å². The number of para-hydroxylation sites is 1. The van der Waals surface area contributed by atoms with Crippen molar-refractivity contribution in [3.63, 3.8) is 0 Å². The number of unbranched alkanes of at least 4 members (excludes halogenated alkanes) is 1. The predicted molar refractivity (Wildman–Crippen MR) is 117 cm³/mol. The highest BCUT2D eigenvalue weighted by molar-refractivity contribution is 5.80. The molecule has 0 bridgehead atoms. The summed E-state index contributed by atoms with van der Waals surface area (Å²) in [5.74, 6) is 0.747. The molecule has 0 fully saturated rings. The summed E-state index contributed by atoms with van der Waals surface area (Å²) < 4.78 is 6.88. The molecule has 2 atom stereocenters. The summed E-state index contributed by atoms with van der Waals surface area (Å²) in [7, 11) is 3.38. The third-order valence-electron chi connectivity index (χ3n) is 5.65. The van der Waals surface area contributed by atoms with Crippen LogP contribution in [0, 0.1) is 5.92 Å². The van der Waals surface area contributed by atoms with Crippen LogP contribution in [0.15, 0.2) is 29.1 Å². The molecule has 2 aromatic rings. The first-order valence-corrected chi connectivity index (χ1v) is 10.7. The van der Waals surface area contributed by atoms with Crippen LogP contribution in [0.1, 0.15) is 64.7 Å². The van der Waals surface area contributed by atoms with E-state index < -0.39 is 0 Å². The van der Waals surface area contributed by atoms with E-state index in [1.54, 1.807) is 24.8 Å². The van der Waals surface area contributed by atoms with Gasteiger partial charge in [-0.1, -0.05) is 45.7 Å². The van der Waals surface area contributed by atoms with Crippen molar-refractivity contribution in [2.45, 2.75) is 58.9 Å². The van der Waals surface area contributed by atoms with Gasteiger partial charge in [0, 0.05) is 26.6 Å². The van der Waals surface area contributed by atoms with Crippen LogP contribution < -0.4 is 5.56 Å². The third kappa shape index (κ3) is 5.24. The zero-order valence-corrected chi connectivity index (χ0v) is 18.5. The summed E-state index contributed by atoms with van der Waals surface area (Å²) in [5, 5.41) is 0.595. The van der Waals surface area contributed by atoms with E-state index in [0.717, 1.165) is 25.7 Å². The number of benzene rings is 1. The number of rotatable bonds is 11. The number of hydrogen-bond donors (Lipinski definition) is 0. The van der Waals surface area contributed by atoms with E-state index in [9.17, 15) is 9.59 Å². The highest BCUT2D eigenvalue weighted by Crippen LogP contribution is 2.27. The van der Waals surface area contributed by atoms with Gasteiger partial charge in [0.1, 0.15) is 5.82 Å². The molecule has 0 radical (unpaired) electrons. The zero-order valence-electron chi connectivity index (χ0n) is 18.5. The van der Waals surface area contributed by atoms with Crippen molar-refractivity contribution in [1.82, 2.24) is 14.5 Å². The maximum atomic E-state index is 13.5. The lowest BCUT2D eigenvalue weighted by Crippen LogP contribution is -2.43. The smallest absolute Gasteiger partial charge is 0.261 e. The first-order valence-electron chi connectivity index (χ1n) is 10.7. The molecular weight excluding hydrogens is 366 g/mol. The van der Waals surface area contributed by atoms with Crippen molar-refractivity contribution in [2.75, 3.05) is 20.3 Å². The Balaban J connectivity index is 2.50. The Bertz CT molecular complexity index is 862. The molecule has 29 heavy (non-hydrogen) atoms. The molecule has 0 saturated carbocycles. The lowest BCUT2D eigenvalue weighted by molar-refractivity contribution is -0.139. The minimum absolute atomic E-state index is 0.0154. The molecule has 0 aliphatic carbocycles. The molecule has 2 unspecified atom stereocenters. The van der Waals surface area contributed by atoms with Crippen molar-refractivity contribution in [3.8, 4) is 0 Å². The van der Waals surface area contributed by atoms with Gasteiger partial charge < -0.3 is 9.64 Å². The van der Waals surface area contributed by atoms with E-state index in [1.807, 2.05) is 30.0 Å². The molecule has 1 aromatic carbocycles. The third-order valence-corrected chi connectivity index (χ3v) is 5.65. The fraction of sp³-hybridized carbons (Fsp3) is 0.609. The maximum Gasteiger partial charge on any atom is 0.261 e. The van der Waals surface area contributed by atoms with Gasteiger partial charge in [-0.15, -0.1) is 0 Å². The Labute approximate surface area is 173 Å². The molecule has 1 amide bonds. The number of ether oxygens (including phenoxy) is 1. The average molecular weight is 402 g/mol. The molecule has 1 aromatic heterocycles. The Morgan fingerprint density at radius 3 is 2.55 bits per heavy atom. The predicted octanol–water partition coefficient (Wildman–Crippen LogP) is 4.08. The summed E-state index contributed by atoms with van der Waals surface area (Å²) >= 11 is 0. The largest absolute Gasteiger partial charge is 0.383 e. The standard InChI is InChI=1S/C23H35N3O3/c1-6-9-12-17(7-2)22(27)26(15-16-29-5)20(8-3)21-24-19-14-11-10-13-18(19)23(28)25(21)4/h10-11,13-14,17,20H,6-9,12,15-16H2,1-5H3. The van der Waals surface area contributed by atoms with Crippen LogP contribution in [0.5, 0.6) is 0 Å². The normalized spacial score (nSPS) is 13.4. The lowest BCUT2D eigenvalue weighted by atomic mass is 9.96. The minimum atomic E-state index is -0.268. The van der Waals surface area contributed by atoms with E-state index in [4.69, 9.17) is 9.72 Å². The fourth-order valence-electron chi connectivity index (χ4n) is 3.87. The number of methoxy groups -OCH3 is 1.